The van der Waals surface area contributed by atoms with E-state index in [1.165, 1.54) is 0 Å². The minimum atomic E-state index is -0.160. The molecule has 2 aromatic heterocycles. The molecule has 2 N–H and O–H groups in total. The van der Waals surface area contributed by atoms with Gasteiger partial charge in [-0.2, -0.15) is 0 Å². The number of furan rings is 1. The zero-order chi connectivity index (χ0) is 14.2. The van der Waals surface area contributed by atoms with Gasteiger partial charge in [0.15, 0.2) is 0 Å². The van der Waals surface area contributed by atoms with Crippen molar-refractivity contribution in [2.45, 2.75) is 25.9 Å². The molecule has 0 atom stereocenters. The minimum absolute atomic E-state index is 0.119. The number of thiophene rings is 1. The van der Waals surface area contributed by atoms with Gasteiger partial charge in [-0.15, -0.1) is 11.3 Å². The number of carbonyl (C=O) groups is 2. The first-order chi connectivity index (χ1) is 9.74. The van der Waals surface area contributed by atoms with Crippen molar-refractivity contribution in [1.82, 2.24) is 10.6 Å². The average molecular weight is 292 g/mol. The summed E-state index contributed by atoms with van der Waals surface area (Å²) in [5.74, 6) is 0.416. The highest BCUT2D eigenvalue weighted by atomic mass is 32.1. The lowest BCUT2D eigenvalue weighted by atomic mass is 10.2. The largest absolute Gasteiger partial charge is 0.467 e. The molecule has 2 amide bonds. The van der Waals surface area contributed by atoms with Gasteiger partial charge in [-0.05, 0) is 23.6 Å². The molecule has 2 rings (SSSR count). The Morgan fingerprint density at radius 1 is 1.05 bits per heavy atom. The Kier molecular flexibility index (Phi) is 5.37. The maximum absolute atomic E-state index is 11.6. The predicted octanol–water partition coefficient (Wildman–Crippen LogP) is 2.05. The Morgan fingerprint density at radius 3 is 2.40 bits per heavy atom. The summed E-state index contributed by atoms with van der Waals surface area (Å²) in [5, 5.41) is 7.44. The molecule has 0 bridgehead atoms. The summed E-state index contributed by atoms with van der Waals surface area (Å²) in [6, 6.07) is 7.45. The summed E-state index contributed by atoms with van der Waals surface area (Å²) < 4.78 is 5.10. The third-order valence-corrected chi connectivity index (χ3v) is 3.54. The molecular weight excluding hydrogens is 276 g/mol. The Morgan fingerprint density at radius 2 is 1.80 bits per heavy atom. The van der Waals surface area contributed by atoms with Crippen molar-refractivity contribution in [3.63, 3.8) is 0 Å². The first-order valence-corrected chi connectivity index (χ1v) is 7.20. The van der Waals surface area contributed by atoms with Gasteiger partial charge in [0, 0.05) is 17.7 Å². The van der Waals surface area contributed by atoms with Crippen molar-refractivity contribution in [3.8, 4) is 0 Å². The number of hydrogen-bond donors (Lipinski definition) is 2. The van der Waals surface area contributed by atoms with Crippen molar-refractivity contribution in [2.75, 3.05) is 0 Å². The molecule has 2 heterocycles. The lowest BCUT2D eigenvalue weighted by Crippen LogP contribution is -2.27. The molecule has 2 aromatic rings. The second-order valence-corrected chi connectivity index (χ2v) is 5.24. The van der Waals surface area contributed by atoms with Crippen LogP contribution in [0.4, 0.5) is 0 Å². The van der Waals surface area contributed by atoms with Crippen LogP contribution in [0.1, 0.15) is 23.5 Å². The van der Waals surface area contributed by atoms with E-state index < -0.39 is 0 Å². The van der Waals surface area contributed by atoms with Crippen molar-refractivity contribution in [2.24, 2.45) is 0 Å². The number of carbonyl (C=O) groups excluding carboxylic acids is 2. The third-order valence-electron chi connectivity index (χ3n) is 2.66. The van der Waals surface area contributed by atoms with Crippen molar-refractivity contribution >= 4 is 23.2 Å². The van der Waals surface area contributed by atoms with Gasteiger partial charge in [-0.25, -0.2) is 0 Å². The average Bonchev–Trinajstić information content (AvgIpc) is 3.13. The second-order valence-electron chi connectivity index (χ2n) is 4.21. The lowest BCUT2D eigenvalue weighted by molar-refractivity contribution is -0.126. The zero-order valence-electron chi connectivity index (χ0n) is 10.9. The molecule has 20 heavy (non-hydrogen) atoms. The summed E-state index contributed by atoms with van der Waals surface area (Å²) in [4.78, 5) is 24.2. The van der Waals surface area contributed by atoms with Crippen LogP contribution in [0.5, 0.6) is 0 Å². The van der Waals surface area contributed by atoms with E-state index in [1.54, 1.807) is 29.7 Å². The SMILES string of the molecule is O=C(CCC(=O)NCc1cccs1)NCc1ccco1. The fraction of sp³-hybridized carbons (Fsp3) is 0.286. The van der Waals surface area contributed by atoms with E-state index in [-0.39, 0.29) is 24.7 Å². The van der Waals surface area contributed by atoms with Crippen LogP contribution >= 0.6 is 11.3 Å². The van der Waals surface area contributed by atoms with E-state index >= 15 is 0 Å². The van der Waals surface area contributed by atoms with E-state index in [0.29, 0.717) is 18.8 Å². The minimum Gasteiger partial charge on any atom is -0.467 e. The van der Waals surface area contributed by atoms with Crippen molar-refractivity contribution in [1.29, 1.82) is 0 Å². The van der Waals surface area contributed by atoms with Gasteiger partial charge in [0.05, 0.1) is 19.4 Å². The topological polar surface area (TPSA) is 71.3 Å². The summed E-state index contributed by atoms with van der Waals surface area (Å²) in [5.41, 5.74) is 0. The molecule has 0 radical (unpaired) electrons. The summed E-state index contributed by atoms with van der Waals surface area (Å²) >= 11 is 1.59. The molecule has 0 unspecified atom stereocenters. The molecule has 0 aliphatic carbocycles. The predicted molar refractivity (Wildman–Crippen MR) is 76.0 cm³/mol. The summed E-state index contributed by atoms with van der Waals surface area (Å²) in [7, 11) is 0. The number of nitrogens with one attached hydrogen (secondary N) is 2. The number of rotatable bonds is 7. The summed E-state index contributed by atoms with van der Waals surface area (Å²) in [6.07, 6.45) is 1.92. The molecule has 5 nitrogen and oxygen atoms in total. The van der Waals surface area contributed by atoms with Gasteiger partial charge >= 0.3 is 0 Å². The van der Waals surface area contributed by atoms with Gasteiger partial charge in [-0.1, -0.05) is 6.07 Å². The maximum Gasteiger partial charge on any atom is 0.220 e. The zero-order valence-corrected chi connectivity index (χ0v) is 11.7. The summed E-state index contributed by atoms with van der Waals surface area (Å²) in [6.45, 7) is 0.868. The van der Waals surface area contributed by atoms with Gasteiger partial charge in [-0.3, -0.25) is 9.59 Å². The molecule has 0 saturated heterocycles. The molecule has 0 spiro atoms. The van der Waals surface area contributed by atoms with Crippen LogP contribution in [0.3, 0.4) is 0 Å². The van der Waals surface area contributed by atoms with Crippen LogP contribution in [-0.2, 0) is 22.7 Å². The Hall–Kier alpha value is -2.08. The van der Waals surface area contributed by atoms with E-state index in [9.17, 15) is 9.59 Å². The molecule has 0 aromatic carbocycles. The van der Waals surface area contributed by atoms with Crippen LogP contribution in [0.2, 0.25) is 0 Å². The third kappa shape index (κ3) is 4.89. The Balaban J connectivity index is 1.59. The molecular formula is C14H16N2O3S. The molecule has 6 heteroatoms. The highest BCUT2D eigenvalue weighted by Crippen LogP contribution is 2.07. The maximum atomic E-state index is 11.6. The van der Waals surface area contributed by atoms with Crippen LogP contribution in [0.15, 0.2) is 40.3 Å². The molecule has 0 aliphatic rings. The highest BCUT2D eigenvalue weighted by molar-refractivity contribution is 7.09. The lowest BCUT2D eigenvalue weighted by Gasteiger charge is -2.04. The van der Waals surface area contributed by atoms with Gasteiger partial charge in [0.1, 0.15) is 5.76 Å². The van der Waals surface area contributed by atoms with E-state index in [2.05, 4.69) is 10.6 Å². The highest BCUT2D eigenvalue weighted by Gasteiger charge is 2.07. The van der Waals surface area contributed by atoms with E-state index in [1.807, 2.05) is 17.5 Å². The van der Waals surface area contributed by atoms with Crippen LogP contribution < -0.4 is 10.6 Å². The number of amides is 2. The van der Waals surface area contributed by atoms with Crippen LogP contribution in [0, 0.1) is 0 Å². The molecule has 0 aliphatic heterocycles. The smallest absolute Gasteiger partial charge is 0.220 e. The van der Waals surface area contributed by atoms with Crippen molar-refractivity contribution in [3.05, 3.63) is 46.5 Å². The Labute approximate surface area is 121 Å². The quantitative estimate of drug-likeness (QED) is 0.820. The number of hydrogen-bond acceptors (Lipinski definition) is 4. The van der Waals surface area contributed by atoms with E-state index in [0.717, 1.165) is 4.88 Å². The monoisotopic (exact) mass is 292 g/mol. The molecule has 0 fully saturated rings. The fourth-order valence-electron chi connectivity index (χ4n) is 1.60. The van der Waals surface area contributed by atoms with Gasteiger partial charge in [0.25, 0.3) is 0 Å². The van der Waals surface area contributed by atoms with Crippen LogP contribution in [-0.4, -0.2) is 11.8 Å². The van der Waals surface area contributed by atoms with E-state index in [4.69, 9.17) is 4.42 Å². The van der Waals surface area contributed by atoms with Crippen LogP contribution in [0.25, 0.3) is 0 Å². The van der Waals surface area contributed by atoms with Gasteiger partial charge < -0.3 is 15.1 Å². The first-order valence-electron chi connectivity index (χ1n) is 6.32. The van der Waals surface area contributed by atoms with Crippen molar-refractivity contribution < 1.29 is 14.0 Å². The fourth-order valence-corrected chi connectivity index (χ4v) is 2.25. The normalized spacial score (nSPS) is 10.2. The first kappa shape index (κ1) is 14.3. The molecule has 0 saturated carbocycles. The standard InChI is InChI=1S/C14H16N2O3S/c17-13(15-9-11-3-1-7-19-11)5-6-14(18)16-10-12-4-2-8-20-12/h1-4,7-8H,5-6,9-10H2,(H,15,17)(H,16,18). The Bertz CT molecular complexity index is 485. The second kappa shape index (κ2) is 7.49. The molecule has 106 valence electrons. The van der Waals surface area contributed by atoms with Gasteiger partial charge in [0.2, 0.25) is 11.8 Å².